The summed E-state index contributed by atoms with van der Waals surface area (Å²) < 4.78 is 7.21. The van der Waals surface area contributed by atoms with Crippen LogP contribution in [0, 0.1) is 0 Å². The zero-order chi connectivity index (χ0) is 13.9. The third kappa shape index (κ3) is 2.50. The molecule has 0 aliphatic carbocycles. The number of hydrogen-bond acceptors (Lipinski definition) is 4. The van der Waals surface area contributed by atoms with E-state index in [1.807, 2.05) is 35.8 Å². The average molecular weight is 289 g/mol. The van der Waals surface area contributed by atoms with Gasteiger partial charge in [-0.25, -0.2) is 15.0 Å². The fourth-order valence-corrected chi connectivity index (χ4v) is 2.17. The van der Waals surface area contributed by atoms with Crippen LogP contribution in [-0.2, 0) is 11.3 Å². The molecule has 20 heavy (non-hydrogen) atoms. The van der Waals surface area contributed by atoms with Gasteiger partial charge in [0.25, 0.3) is 0 Å². The standard InChI is InChI=1S/C14H13ClN4O/c1-2-20-8-13-17-12(15)7-14(18-13)19-9-16-10-5-3-4-6-11(10)19/h3-7,9H,2,8H2,1H3. The van der Waals surface area contributed by atoms with E-state index in [0.29, 0.717) is 30.0 Å². The second-order valence-corrected chi connectivity index (χ2v) is 4.59. The highest BCUT2D eigenvalue weighted by Gasteiger charge is 2.08. The molecule has 3 aromatic rings. The number of ether oxygens (including phenoxy) is 1. The van der Waals surface area contributed by atoms with Crippen molar-refractivity contribution >= 4 is 22.6 Å². The van der Waals surface area contributed by atoms with E-state index in [1.54, 1.807) is 12.4 Å². The van der Waals surface area contributed by atoms with Crippen LogP contribution in [0.1, 0.15) is 12.7 Å². The Balaban J connectivity index is 2.07. The predicted octanol–water partition coefficient (Wildman–Crippen LogP) is 3.01. The third-order valence-electron chi connectivity index (χ3n) is 2.86. The smallest absolute Gasteiger partial charge is 0.158 e. The molecule has 0 fully saturated rings. The van der Waals surface area contributed by atoms with Crippen molar-refractivity contribution in [1.29, 1.82) is 0 Å². The predicted molar refractivity (Wildman–Crippen MR) is 77.0 cm³/mol. The number of rotatable bonds is 4. The SMILES string of the molecule is CCOCc1nc(Cl)cc(-n2cnc3ccccc32)n1. The number of imidazole rings is 1. The fraction of sp³-hybridized carbons (Fsp3) is 0.214. The normalized spacial score (nSPS) is 11.1. The second-order valence-electron chi connectivity index (χ2n) is 4.21. The van der Waals surface area contributed by atoms with Crippen LogP contribution in [-0.4, -0.2) is 26.1 Å². The molecule has 3 rings (SSSR count). The summed E-state index contributed by atoms with van der Waals surface area (Å²) in [5.74, 6) is 1.25. The third-order valence-corrected chi connectivity index (χ3v) is 3.06. The molecule has 0 radical (unpaired) electrons. The van der Waals surface area contributed by atoms with Crippen molar-refractivity contribution in [3.8, 4) is 5.82 Å². The number of para-hydroxylation sites is 2. The van der Waals surface area contributed by atoms with Crippen molar-refractivity contribution in [2.75, 3.05) is 6.61 Å². The molecule has 102 valence electrons. The van der Waals surface area contributed by atoms with Gasteiger partial charge in [0.1, 0.15) is 23.9 Å². The number of hydrogen-bond donors (Lipinski definition) is 0. The van der Waals surface area contributed by atoms with Crippen LogP contribution < -0.4 is 0 Å². The van der Waals surface area contributed by atoms with Crippen LogP contribution >= 0.6 is 11.6 Å². The monoisotopic (exact) mass is 288 g/mol. The minimum atomic E-state index is 0.344. The molecule has 0 bridgehead atoms. The van der Waals surface area contributed by atoms with Gasteiger partial charge in [0.05, 0.1) is 11.0 Å². The minimum absolute atomic E-state index is 0.344. The maximum absolute atomic E-state index is 6.06. The van der Waals surface area contributed by atoms with Crippen molar-refractivity contribution in [3.05, 3.63) is 47.6 Å². The van der Waals surface area contributed by atoms with Crippen molar-refractivity contribution in [3.63, 3.8) is 0 Å². The summed E-state index contributed by atoms with van der Waals surface area (Å²) in [6.07, 6.45) is 1.73. The van der Waals surface area contributed by atoms with E-state index < -0.39 is 0 Å². The molecular weight excluding hydrogens is 276 g/mol. The molecule has 1 aromatic carbocycles. The van der Waals surface area contributed by atoms with E-state index in [1.165, 1.54) is 0 Å². The molecular formula is C14H13ClN4O. The van der Waals surface area contributed by atoms with E-state index in [0.717, 1.165) is 11.0 Å². The number of nitrogens with zero attached hydrogens (tertiary/aromatic N) is 4. The molecule has 5 nitrogen and oxygen atoms in total. The van der Waals surface area contributed by atoms with Crippen molar-refractivity contribution in [2.24, 2.45) is 0 Å². The van der Waals surface area contributed by atoms with Crippen LogP contribution in [0.4, 0.5) is 0 Å². The average Bonchev–Trinajstić information content (AvgIpc) is 2.88. The Labute approximate surface area is 121 Å². The van der Waals surface area contributed by atoms with E-state index in [4.69, 9.17) is 16.3 Å². The van der Waals surface area contributed by atoms with Gasteiger partial charge in [-0.2, -0.15) is 0 Å². The summed E-state index contributed by atoms with van der Waals surface area (Å²) >= 11 is 6.06. The number of fused-ring (bicyclic) bond motifs is 1. The van der Waals surface area contributed by atoms with Crippen LogP contribution in [0.25, 0.3) is 16.9 Å². The first kappa shape index (κ1) is 13.0. The topological polar surface area (TPSA) is 52.8 Å². The molecule has 0 aliphatic rings. The van der Waals surface area contributed by atoms with Gasteiger partial charge in [0, 0.05) is 12.7 Å². The molecule has 0 amide bonds. The fourth-order valence-electron chi connectivity index (χ4n) is 1.97. The lowest BCUT2D eigenvalue weighted by Gasteiger charge is -2.06. The minimum Gasteiger partial charge on any atom is -0.374 e. The van der Waals surface area contributed by atoms with Crippen molar-refractivity contribution in [1.82, 2.24) is 19.5 Å². The molecule has 6 heteroatoms. The molecule has 2 aromatic heterocycles. The van der Waals surface area contributed by atoms with Gasteiger partial charge in [-0.15, -0.1) is 0 Å². The first-order valence-corrected chi connectivity index (χ1v) is 6.69. The lowest BCUT2D eigenvalue weighted by atomic mass is 10.3. The maximum Gasteiger partial charge on any atom is 0.158 e. The van der Waals surface area contributed by atoms with Crippen LogP contribution in [0.15, 0.2) is 36.7 Å². The first-order valence-electron chi connectivity index (χ1n) is 6.31. The molecule has 0 aliphatic heterocycles. The quantitative estimate of drug-likeness (QED) is 0.693. The van der Waals surface area contributed by atoms with Gasteiger partial charge in [-0.05, 0) is 19.1 Å². The van der Waals surface area contributed by atoms with Crippen LogP contribution in [0.5, 0.6) is 0 Å². The molecule has 0 atom stereocenters. The van der Waals surface area contributed by atoms with Crippen LogP contribution in [0.2, 0.25) is 5.15 Å². The number of aromatic nitrogens is 4. The first-order chi connectivity index (χ1) is 9.78. The number of benzene rings is 1. The molecule has 2 heterocycles. The summed E-state index contributed by atoms with van der Waals surface area (Å²) in [6.45, 7) is 2.88. The van der Waals surface area contributed by atoms with Crippen molar-refractivity contribution < 1.29 is 4.74 Å². The highest BCUT2D eigenvalue weighted by Crippen LogP contribution is 2.18. The van der Waals surface area contributed by atoms with E-state index in [-0.39, 0.29) is 0 Å². The lowest BCUT2D eigenvalue weighted by Crippen LogP contribution is -2.04. The molecule has 0 saturated carbocycles. The summed E-state index contributed by atoms with van der Waals surface area (Å²) in [5.41, 5.74) is 1.89. The Morgan fingerprint density at radius 1 is 1.25 bits per heavy atom. The summed E-state index contributed by atoms with van der Waals surface area (Å²) in [6, 6.07) is 9.57. The maximum atomic E-state index is 6.06. The van der Waals surface area contributed by atoms with Gasteiger partial charge in [0.15, 0.2) is 5.82 Å². The Morgan fingerprint density at radius 2 is 2.10 bits per heavy atom. The van der Waals surface area contributed by atoms with E-state index in [9.17, 15) is 0 Å². The van der Waals surface area contributed by atoms with Crippen LogP contribution in [0.3, 0.4) is 0 Å². The summed E-state index contributed by atoms with van der Waals surface area (Å²) in [4.78, 5) is 13.0. The summed E-state index contributed by atoms with van der Waals surface area (Å²) in [7, 11) is 0. The van der Waals surface area contributed by atoms with Gasteiger partial charge in [-0.3, -0.25) is 4.57 Å². The Bertz CT molecular complexity index is 741. The van der Waals surface area contributed by atoms with Crippen molar-refractivity contribution in [2.45, 2.75) is 13.5 Å². The highest BCUT2D eigenvalue weighted by atomic mass is 35.5. The highest BCUT2D eigenvalue weighted by molar-refractivity contribution is 6.29. The zero-order valence-electron chi connectivity index (χ0n) is 11.0. The van der Waals surface area contributed by atoms with E-state index >= 15 is 0 Å². The summed E-state index contributed by atoms with van der Waals surface area (Å²) in [5, 5.41) is 0.391. The lowest BCUT2D eigenvalue weighted by molar-refractivity contribution is 0.128. The Kier molecular flexibility index (Phi) is 3.62. The second kappa shape index (κ2) is 5.56. The molecule has 0 saturated heterocycles. The molecule has 0 spiro atoms. The van der Waals surface area contributed by atoms with Gasteiger partial charge < -0.3 is 4.74 Å². The van der Waals surface area contributed by atoms with Gasteiger partial charge in [-0.1, -0.05) is 23.7 Å². The number of halogens is 1. The molecule has 0 N–H and O–H groups in total. The van der Waals surface area contributed by atoms with Gasteiger partial charge >= 0.3 is 0 Å². The molecule has 0 unspecified atom stereocenters. The Morgan fingerprint density at radius 3 is 2.95 bits per heavy atom. The van der Waals surface area contributed by atoms with E-state index in [2.05, 4.69) is 15.0 Å². The zero-order valence-corrected chi connectivity index (χ0v) is 11.7. The van der Waals surface area contributed by atoms with Gasteiger partial charge in [0.2, 0.25) is 0 Å². The largest absolute Gasteiger partial charge is 0.374 e. The Hall–Kier alpha value is -1.98.